The van der Waals surface area contributed by atoms with Crippen LogP contribution in [-0.4, -0.2) is 12.5 Å². The van der Waals surface area contributed by atoms with Crippen molar-refractivity contribution >= 4 is 34.2 Å². The Morgan fingerprint density at radius 3 is 2.41 bits per heavy atom. The van der Waals surface area contributed by atoms with Crippen LogP contribution in [0.5, 0.6) is 11.5 Å². The average Bonchev–Trinajstić information content (AvgIpc) is 2.70. The molecule has 0 fully saturated rings. The minimum atomic E-state index is -0.178. The molecule has 4 nitrogen and oxygen atoms in total. The van der Waals surface area contributed by atoms with Gasteiger partial charge in [-0.05, 0) is 72.7 Å². The lowest BCUT2D eigenvalue weighted by Gasteiger charge is -2.16. The van der Waals surface area contributed by atoms with Crippen LogP contribution in [0.3, 0.4) is 0 Å². The summed E-state index contributed by atoms with van der Waals surface area (Å²) in [6.07, 6.45) is 0. The molecule has 1 amide bonds. The maximum absolute atomic E-state index is 12.8. The highest BCUT2D eigenvalue weighted by Gasteiger charge is 2.17. The zero-order valence-corrected chi connectivity index (χ0v) is 18.9. The van der Waals surface area contributed by atoms with E-state index in [4.69, 9.17) is 9.47 Å². The topological polar surface area (TPSA) is 47.6 Å². The van der Waals surface area contributed by atoms with E-state index in [-0.39, 0.29) is 5.91 Å². The fourth-order valence-corrected chi connectivity index (χ4v) is 3.61. The van der Waals surface area contributed by atoms with Gasteiger partial charge in [0.15, 0.2) is 11.5 Å². The molecule has 0 aromatic heterocycles. The Labute approximate surface area is 185 Å². The lowest BCUT2D eigenvalue weighted by atomic mass is 10.1. The fourth-order valence-electron chi connectivity index (χ4n) is 2.85. The zero-order valence-electron chi connectivity index (χ0n) is 16.8. The zero-order chi connectivity index (χ0) is 20.8. The van der Waals surface area contributed by atoms with Crippen LogP contribution in [-0.2, 0) is 6.61 Å². The third-order valence-electron chi connectivity index (χ3n) is 4.47. The molecule has 5 heteroatoms. The second-order valence-electron chi connectivity index (χ2n) is 6.76. The molecule has 150 valence electrons. The normalized spacial score (nSPS) is 10.5. The van der Waals surface area contributed by atoms with E-state index in [1.54, 1.807) is 6.07 Å². The number of para-hydroxylation sites is 1. The molecule has 0 aliphatic heterocycles. The summed E-state index contributed by atoms with van der Waals surface area (Å²) in [5.41, 5.74) is 4.63. The molecule has 3 rings (SSSR count). The van der Waals surface area contributed by atoms with Gasteiger partial charge in [-0.1, -0.05) is 48.0 Å². The van der Waals surface area contributed by atoms with Crippen molar-refractivity contribution in [2.45, 2.75) is 27.4 Å². The van der Waals surface area contributed by atoms with Gasteiger partial charge in [0.2, 0.25) is 0 Å². The maximum Gasteiger partial charge on any atom is 0.255 e. The van der Waals surface area contributed by atoms with E-state index in [0.717, 1.165) is 20.4 Å². The summed E-state index contributed by atoms with van der Waals surface area (Å²) in [7, 11) is 0. The number of benzene rings is 3. The number of halogens is 1. The van der Waals surface area contributed by atoms with Crippen molar-refractivity contribution in [3.05, 3.63) is 86.5 Å². The Kier molecular flexibility index (Phi) is 7.14. The van der Waals surface area contributed by atoms with E-state index in [9.17, 15) is 4.79 Å². The Morgan fingerprint density at radius 1 is 1.00 bits per heavy atom. The summed E-state index contributed by atoms with van der Waals surface area (Å²) in [6.45, 7) is 6.86. The standard InChI is InChI=1S/C24H24INO3/c1-4-28-22-14-19(24(27)26-21-8-6-5-7-17(21)3)13-20(25)23(22)29-15-18-11-9-16(2)10-12-18/h5-14H,4,15H2,1-3H3,(H,26,27). The second kappa shape index (κ2) is 9.78. The van der Waals surface area contributed by atoms with Gasteiger partial charge >= 0.3 is 0 Å². The van der Waals surface area contributed by atoms with Crippen LogP contribution in [0.1, 0.15) is 34.0 Å². The number of carbonyl (C=O) groups is 1. The molecule has 0 aliphatic carbocycles. The summed E-state index contributed by atoms with van der Waals surface area (Å²) in [5, 5.41) is 2.97. The van der Waals surface area contributed by atoms with Crippen LogP contribution in [0.4, 0.5) is 5.69 Å². The summed E-state index contributed by atoms with van der Waals surface area (Å²) >= 11 is 2.19. The Balaban J connectivity index is 1.82. The molecular weight excluding hydrogens is 477 g/mol. The minimum Gasteiger partial charge on any atom is -0.490 e. The first kappa shape index (κ1) is 21.2. The van der Waals surface area contributed by atoms with E-state index < -0.39 is 0 Å². The van der Waals surface area contributed by atoms with Crippen LogP contribution in [0, 0.1) is 17.4 Å². The van der Waals surface area contributed by atoms with Gasteiger partial charge in [0, 0.05) is 11.3 Å². The molecule has 0 spiro atoms. The summed E-state index contributed by atoms with van der Waals surface area (Å²) in [4.78, 5) is 12.8. The van der Waals surface area contributed by atoms with Crippen molar-refractivity contribution in [2.24, 2.45) is 0 Å². The number of nitrogens with one attached hydrogen (secondary N) is 1. The third kappa shape index (κ3) is 5.50. The number of amides is 1. The van der Waals surface area contributed by atoms with Gasteiger partial charge in [0.1, 0.15) is 6.61 Å². The van der Waals surface area contributed by atoms with Gasteiger partial charge in [0.05, 0.1) is 10.2 Å². The van der Waals surface area contributed by atoms with Gasteiger partial charge < -0.3 is 14.8 Å². The molecule has 0 saturated heterocycles. The number of ether oxygens (including phenoxy) is 2. The molecule has 3 aromatic carbocycles. The number of aryl methyl sites for hydroxylation is 2. The molecule has 0 aliphatic rings. The van der Waals surface area contributed by atoms with E-state index in [2.05, 4.69) is 47.0 Å². The Hall–Kier alpha value is -2.54. The number of anilines is 1. The molecule has 0 unspecified atom stereocenters. The van der Waals surface area contributed by atoms with Crippen molar-refractivity contribution < 1.29 is 14.3 Å². The SMILES string of the molecule is CCOc1cc(C(=O)Nc2ccccc2C)cc(I)c1OCc1ccc(C)cc1. The largest absolute Gasteiger partial charge is 0.490 e. The van der Waals surface area contributed by atoms with Crippen molar-refractivity contribution in [3.8, 4) is 11.5 Å². The van der Waals surface area contributed by atoms with E-state index >= 15 is 0 Å². The van der Waals surface area contributed by atoms with E-state index in [0.29, 0.717) is 30.3 Å². The average molecular weight is 501 g/mol. The second-order valence-corrected chi connectivity index (χ2v) is 7.92. The van der Waals surface area contributed by atoms with Crippen LogP contribution in [0.15, 0.2) is 60.7 Å². The first-order valence-electron chi connectivity index (χ1n) is 9.49. The van der Waals surface area contributed by atoms with E-state index in [1.807, 2.05) is 56.3 Å². The predicted octanol–water partition coefficient (Wildman–Crippen LogP) is 6.14. The van der Waals surface area contributed by atoms with Crippen LogP contribution in [0.2, 0.25) is 0 Å². The van der Waals surface area contributed by atoms with Gasteiger partial charge in [-0.25, -0.2) is 0 Å². The molecule has 1 N–H and O–H groups in total. The Morgan fingerprint density at radius 2 is 1.72 bits per heavy atom. The first-order valence-corrected chi connectivity index (χ1v) is 10.6. The molecule has 0 radical (unpaired) electrons. The molecular formula is C24H24INO3. The van der Waals surface area contributed by atoms with Gasteiger partial charge in [0.25, 0.3) is 5.91 Å². The van der Waals surface area contributed by atoms with Crippen molar-refractivity contribution in [1.29, 1.82) is 0 Å². The maximum atomic E-state index is 12.8. The van der Waals surface area contributed by atoms with Crippen molar-refractivity contribution in [3.63, 3.8) is 0 Å². The molecule has 0 atom stereocenters. The summed E-state index contributed by atoms with van der Waals surface area (Å²) in [6, 6.07) is 19.5. The van der Waals surface area contributed by atoms with Gasteiger partial charge in [-0.3, -0.25) is 4.79 Å². The smallest absolute Gasteiger partial charge is 0.255 e. The third-order valence-corrected chi connectivity index (χ3v) is 5.27. The monoisotopic (exact) mass is 501 g/mol. The highest BCUT2D eigenvalue weighted by molar-refractivity contribution is 14.1. The number of rotatable bonds is 7. The highest BCUT2D eigenvalue weighted by Crippen LogP contribution is 2.35. The summed E-state index contributed by atoms with van der Waals surface area (Å²) < 4.78 is 12.7. The number of hydrogen-bond acceptors (Lipinski definition) is 3. The van der Waals surface area contributed by atoms with Crippen LogP contribution in [0.25, 0.3) is 0 Å². The van der Waals surface area contributed by atoms with E-state index in [1.165, 1.54) is 5.56 Å². The molecule has 0 saturated carbocycles. The van der Waals surface area contributed by atoms with Gasteiger partial charge in [-0.2, -0.15) is 0 Å². The highest BCUT2D eigenvalue weighted by atomic mass is 127. The van der Waals surface area contributed by atoms with Crippen LogP contribution < -0.4 is 14.8 Å². The van der Waals surface area contributed by atoms with Crippen LogP contribution >= 0.6 is 22.6 Å². The molecule has 0 bridgehead atoms. The fraction of sp³-hybridized carbons (Fsp3) is 0.208. The summed E-state index contributed by atoms with van der Waals surface area (Å²) in [5.74, 6) is 1.05. The quantitative estimate of drug-likeness (QED) is 0.396. The van der Waals surface area contributed by atoms with Crippen molar-refractivity contribution in [2.75, 3.05) is 11.9 Å². The Bertz CT molecular complexity index is 1000. The molecule has 3 aromatic rings. The predicted molar refractivity (Wildman–Crippen MR) is 125 cm³/mol. The minimum absolute atomic E-state index is 0.178. The first-order chi connectivity index (χ1) is 14.0. The molecule has 0 heterocycles. The number of carbonyl (C=O) groups excluding carboxylic acids is 1. The van der Waals surface area contributed by atoms with Crippen molar-refractivity contribution in [1.82, 2.24) is 0 Å². The lowest BCUT2D eigenvalue weighted by Crippen LogP contribution is -2.14. The van der Waals surface area contributed by atoms with Gasteiger partial charge in [-0.15, -0.1) is 0 Å². The lowest BCUT2D eigenvalue weighted by molar-refractivity contribution is 0.102. The molecule has 29 heavy (non-hydrogen) atoms. The number of hydrogen-bond donors (Lipinski definition) is 1.